The van der Waals surface area contributed by atoms with E-state index in [9.17, 15) is 13.2 Å². The van der Waals surface area contributed by atoms with Crippen LogP contribution < -0.4 is 14.4 Å². The number of hydrogen-bond acceptors (Lipinski definition) is 5. The molecule has 0 bridgehead atoms. The van der Waals surface area contributed by atoms with Gasteiger partial charge in [-0.25, -0.2) is 8.42 Å². The van der Waals surface area contributed by atoms with Crippen LogP contribution in [-0.2, 0) is 14.8 Å². The number of nitrogens with one attached hydrogen (secondary N) is 1. The Bertz CT molecular complexity index is 1130. The van der Waals surface area contributed by atoms with Gasteiger partial charge < -0.3 is 14.8 Å². The smallest absolute Gasteiger partial charge is 0.264 e. The van der Waals surface area contributed by atoms with E-state index in [-0.39, 0.29) is 10.8 Å². The van der Waals surface area contributed by atoms with Crippen LogP contribution in [0.25, 0.3) is 0 Å². The maximum Gasteiger partial charge on any atom is 0.264 e. The Kier molecular flexibility index (Phi) is 7.86. The molecule has 3 aromatic carbocycles. The molecule has 0 unspecified atom stereocenters. The first-order chi connectivity index (χ1) is 15.4. The molecule has 0 heterocycles. The lowest BCUT2D eigenvalue weighted by Crippen LogP contribution is -2.26. The lowest BCUT2D eigenvalue weighted by atomic mass is 10.2. The van der Waals surface area contributed by atoms with Gasteiger partial charge in [-0.2, -0.15) is 0 Å². The molecule has 168 valence electrons. The third-order valence-corrected chi connectivity index (χ3v) is 6.49. The van der Waals surface area contributed by atoms with Crippen LogP contribution in [-0.4, -0.2) is 41.2 Å². The summed E-state index contributed by atoms with van der Waals surface area (Å²) in [6.07, 6.45) is 0. The monoisotopic (exact) mass is 454 g/mol. The third kappa shape index (κ3) is 5.87. The first-order valence-electron chi connectivity index (χ1n) is 10.2. The zero-order valence-electron chi connectivity index (χ0n) is 18.0. The van der Waals surface area contributed by atoms with Crippen LogP contribution in [0.4, 0.5) is 11.4 Å². The first kappa shape index (κ1) is 23.3. The van der Waals surface area contributed by atoms with Crippen LogP contribution in [0.5, 0.6) is 5.75 Å². The molecule has 32 heavy (non-hydrogen) atoms. The summed E-state index contributed by atoms with van der Waals surface area (Å²) >= 11 is 0. The number of para-hydroxylation sites is 1. The van der Waals surface area contributed by atoms with E-state index in [1.165, 1.54) is 23.5 Å². The minimum Gasteiger partial charge on any atom is -0.491 e. The average Bonchev–Trinajstić information content (AvgIpc) is 2.82. The lowest BCUT2D eigenvalue weighted by Gasteiger charge is -2.19. The molecule has 0 aliphatic rings. The Morgan fingerprint density at radius 3 is 2.34 bits per heavy atom. The maximum absolute atomic E-state index is 12.9. The fourth-order valence-corrected chi connectivity index (χ4v) is 4.13. The summed E-state index contributed by atoms with van der Waals surface area (Å²) in [5, 5.41) is 2.77. The first-order valence-corrected chi connectivity index (χ1v) is 11.6. The van der Waals surface area contributed by atoms with Gasteiger partial charge in [-0.1, -0.05) is 24.3 Å². The van der Waals surface area contributed by atoms with Gasteiger partial charge in [0.1, 0.15) is 12.4 Å². The van der Waals surface area contributed by atoms with E-state index in [1.807, 2.05) is 13.0 Å². The number of ether oxygens (including phenoxy) is 2. The Balaban J connectivity index is 1.66. The molecule has 0 saturated carbocycles. The quantitative estimate of drug-likeness (QED) is 0.465. The van der Waals surface area contributed by atoms with Crippen LogP contribution in [0.1, 0.15) is 17.3 Å². The molecule has 0 radical (unpaired) electrons. The minimum atomic E-state index is -3.71. The van der Waals surface area contributed by atoms with Crippen molar-refractivity contribution in [3.63, 3.8) is 0 Å². The fourth-order valence-electron chi connectivity index (χ4n) is 2.94. The second-order valence-corrected chi connectivity index (χ2v) is 8.83. The molecule has 0 aromatic heterocycles. The molecule has 0 atom stereocenters. The van der Waals surface area contributed by atoms with Crippen LogP contribution in [0, 0.1) is 0 Å². The van der Waals surface area contributed by atoms with Crippen LogP contribution >= 0.6 is 0 Å². The molecule has 0 saturated heterocycles. The highest BCUT2D eigenvalue weighted by atomic mass is 32.2. The summed E-state index contributed by atoms with van der Waals surface area (Å²) in [5.41, 5.74) is 1.48. The predicted octanol–water partition coefficient (Wildman–Crippen LogP) is 4.18. The highest BCUT2D eigenvalue weighted by Gasteiger charge is 2.21. The van der Waals surface area contributed by atoms with E-state index < -0.39 is 10.0 Å². The minimum absolute atomic E-state index is 0.131. The number of nitrogens with zero attached hydrogens (tertiary/aromatic N) is 1. The number of hydrogen-bond donors (Lipinski definition) is 1. The molecule has 1 amide bonds. The summed E-state index contributed by atoms with van der Waals surface area (Å²) in [6.45, 7) is 3.40. The van der Waals surface area contributed by atoms with E-state index in [1.54, 1.807) is 60.7 Å². The molecule has 0 spiro atoms. The molecule has 0 aliphatic heterocycles. The van der Waals surface area contributed by atoms with Crippen molar-refractivity contribution >= 4 is 27.3 Å². The summed E-state index contributed by atoms with van der Waals surface area (Å²) in [6, 6.07) is 21.7. The highest BCUT2D eigenvalue weighted by Crippen LogP contribution is 2.23. The van der Waals surface area contributed by atoms with Crippen molar-refractivity contribution in [2.75, 3.05) is 36.5 Å². The van der Waals surface area contributed by atoms with Crippen LogP contribution in [0.2, 0.25) is 0 Å². The standard InChI is InChI=1S/C24H26N2O5S/c1-3-30-16-17-31-22-11-7-8-19(18-22)24(27)25-20-12-14-23(15-13-20)32(28,29)26(2)21-9-5-4-6-10-21/h4-15,18H,3,16-17H2,1-2H3,(H,25,27). The highest BCUT2D eigenvalue weighted by molar-refractivity contribution is 7.92. The Labute approximate surface area is 188 Å². The number of sulfonamides is 1. The molecule has 1 N–H and O–H groups in total. The van der Waals surface area contributed by atoms with Gasteiger partial charge in [0.2, 0.25) is 0 Å². The molecule has 0 fully saturated rings. The molecule has 0 aliphatic carbocycles. The molecule has 8 heteroatoms. The number of carbonyl (C=O) groups is 1. The molecular formula is C24H26N2O5S. The van der Waals surface area contributed by atoms with E-state index in [2.05, 4.69) is 5.32 Å². The van der Waals surface area contributed by atoms with Crippen molar-refractivity contribution in [3.8, 4) is 5.75 Å². The summed E-state index contributed by atoms with van der Waals surface area (Å²) < 4.78 is 37.8. The number of carbonyl (C=O) groups excluding carboxylic acids is 1. The zero-order valence-corrected chi connectivity index (χ0v) is 18.8. The fraction of sp³-hybridized carbons (Fsp3) is 0.208. The molecule has 3 aromatic rings. The van der Waals surface area contributed by atoms with E-state index in [4.69, 9.17) is 9.47 Å². The van der Waals surface area contributed by atoms with E-state index in [0.717, 1.165) is 0 Å². The normalized spacial score (nSPS) is 11.1. The molecule has 3 rings (SSSR count). The molecule has 7 nitrogen and oxygen atoms in total. The van der Waals surface area contributed by atoms with Crippen molar-refractivity contribution in [1.29, 1.82) is 0 Å². The predicted molar refractivity (Wildman–Crippen MR) is 125 cm³/mol. The second-order valence-electron chi connectivity index (χ2n) is 6.86. The third-order valence-electron chi connectivity index (χ3n) is 4.69. The van der Waals surface area contributed by atoms with Gasteiger partial charge in [-0.15, -0.1) is 0 Å². The van der Waals surface area contributed by atoms with Gasteiger partial charge >= 0.3 is 0 Å². The number of benzene rings is 3. The van der Waals surface area contributed by atoms with Crippen LogP contribution in [0.15, 0.2) is 83.8 Å². The van der Waals surface area contributed by atoms with Gasteiger partial charge in [0, 0.05) is 24.9 Å². The number of rotatable bonds is 10. The van der Waals surface area contributed by atoms with Crippen molar-refractivity contribution < 1.29 is 22.7 Å². The second kappa shape index (κ2) is 10.8. The lowest BCUT2D eigenvalue weighted by molar-refractivity contribution is 0.102. The van der Waals surface area contributed by atoms with Gasteiger partial charge in [0.05, 0.1) is 17.2 Å². The summed E-state index contributed by atoms with van der Waals surface area (Å²) in [4.78, 5) is 12.7. The number of anilines is 2. The van der Waals surface area contributed by atoms with Gasteiger partial charge in [-0.05, 0) is 61.5 Å². The molecular weight excluding hydrogens is 428 g/mol. The Morgan fingerprint density at radius 1 is 0.938 bits per heavy atom. The number of amides is 1. The van der Waals surface area contributed by atoms with E-state index >= 15 is 0 Å². The average molecular weight is 455 g/mol. The Morgan fingerprint density at radius 2 is 1.66 bits per heavy atom. The van der Waals surface area contributed by atoms with Gasteiger partial charge in [-0.3, -0.25) is 9.10 Å². The van der Waals surface area contributed by atoms with Crippen LogP contribution in [0.3, 0.4) is 0 Å². The van der Waals surface area contributed by atoms with Crippen molar-refractivity contribution in [3.05, 3.63) is 84.4 Å². The van der Waals surface area contributed by atoms with Crippen molar-refractivity contribution in [2.24, 2.45) is 0 Å². The van der Waals surface area contributed by atoms with Crippen molar-refractivity contribution in [1.82, 2.24) is 0 Å². The SMILES string of the molecule is CCOCCOc1cccc(C(=O)Nc2ccc(S(=O)(=O)N(C)c3ccccc3)cc2)c1. The largest absolute Gasteiger partial charge is 0.491 e. The van der Waals surface area contributed by atoms with Gasteiger partial charge in [0.15, 0.2) is 0 Å². The van der Waals surface area contributed by atoms with Crippen molar-refractivity contribution in [2.45, 2.75) is 11.8 Å². The van der Waals surface area contributed by atoms with Gasteiger partial charge in [0.25, 0.3) is 15.9 Å². The topological polar surface area (TPSA) is 84.9 Å². The Hall–Kier alpha value is -3.36. The summed E-state index contributed by atoms with van der Waals surface area (Å²) in [5.74, 6) is 0.250. The summed E-state index contributed by atoms with van der Waals surface area (Å²) in [7, 11) is -2.21. The van der Waals surface area contributed by atoms with E-state index in [0.29, 0.717) is 42.5 Å². The maximum atomic E-state index is 12.9. The zero-order chi connectivity index (χ0) is 23.0.